The molecule has 0 aromatic carbocycles. The average molecular weight is 358 g/mol. The van der Waals surface area contributed by atoms with E-state index in [2.05, 4.69) is 15.3 Å². The minimum Gasteiger partial charge on any atom is -0.370 e. The molecule has 6 nitrogen and oxygen atoms in total. The number of hydrogen-bond donors (Lipinski definition) is 1. The first-order valence-corrected chi connectivity index (χ1v) is 9.78. The van der Waals surface area contributed by atoms with E-state index in [1.807, 2.05) is 16.8 Å². The molecular formula is C18H22N4O2S. The lowest BCUT2D eigenvalue weighted by molar-refractivity contribution is 0.0931. The molecule has 4 rings (SSSR count). The molecule has 3 heterocycles. The molecule has 2 aromatic rings. The SMILES string of the molecule is O=C(NC1CCN(c2cnn(CC3CC3)c(=O)c2)CC1)c1ccsc1. The van der Waals surface area contributed by atoms with Crippen molar-refractivity contribution >= 4 is 22.9 Å². The van der Waals surface area contributed by atoms with E-state index in [4.69, 9.17) is 0 Å². The van der Waals surface area contributed by atoms with Crippen molar-refractivity contribution in [3.8, 4) is 0 Å². The summed E-state index contributed by atoms with van der Waals surface area (Å²) < 4.78 is 1.58. The third-order valence-electron chi connectivity index (χ3n) is 4.96. The number of rotatable bonds is 5. The van der Waals surface area contributed by atoms with Crippen molar-refractivity contribution in [3.05, 3.63) is 45.0 Å². The number of carbonyl (C=O) groups is 1. The van der Waals surface area contributed by atoms with Crippen LogP contribution in [0.2, 0.25) is 0 Å². The van der Waals surface area contributed by atoms with Gasteiger partial charge in [-0.15, -0.1) is 0 Å². The lowest BCUT2D eigenvalue weighted by atomic mass is 10.0. The number of carbonyl (C=O) groups excluding carboxylic acids is 1. The Morgan fingerprint density at radius 2 is 2.08 bits per heavy atom. The lowest BCUT2D eigenvalue weighted by Crippen LogP contribution is -2.45. The van der Waals surface area contributed by atoms with Crippen molar-refractivity contribution in [3.63, 3.8) is 0 Å². The zero-order valence-corrected chi connectivity index (χ0v) is 14.9. The second-order valence-corrected chi connectivity index (χ2v) is 7.70. The molecule has 1 aliphatic carbocycles. The summed E-state index contributed by atoms with van der Waals surface area (Å²) in [7, 11) is 0. The van der Waals surface area contributed by atoms with Gasteiger partial charge < -0.3 is 10.2 Å². The monoisotopic (exact) mass is 358 g/mol. The first-order chi connectivity index (χ1) is 12.2. The van der Waals surface area contributed by atoms with Crippen LogP contribution in [-0.2, 0) is 6.54 Å². The van der Waals surface area contributed by atoms with Crippen LogP contribution in [0.4, 0.5) is 5.69 Å². The number of piperidine rings is 1. The topological polar surface area (TPSA) is 67.2 Å². The molecule has 0 unspecified atom stereocenters. The van der Waals surface area contributed by atoms with Gasteiger partial charge in [-0.05, 0) is 43.0 Å². The van der Waals surface area contributed by atoms with Crippen LogP contribution in [0.5, 0.6) is 0 Å². The Balaban J connectivity index is 1.33. The molecule has 1 amide bonds. The Kier molecular flexibility index (Phi) is 4.57. The zero-order chi connectivity index (χ0) is 17.2. The lowest BCUT2D eigenvalue weighted by Gasteiger charge is -2.33. The van der Waals surface area contributed by atoms with Gasteiger partial charge in [0.25, 0.3) is 11.5 Å². The van der Waals surface area contributed by atoms with Gasteiger partial charge in [0.1, 0.15) is 0 Å². The molecule has 25 heavy (non-hydrogen) atoms. The summed E-state index contributed by atoms with van der Waals surface area (Å²) in [5.41, 5.74) is 1.60. The second-order valence-electron chi connectivity index (χ2n) is 6.92. The quantitative estimate of drug-likeness (QED) is 0.889. The van der Waals surface area contributed by atoms with Crippen LogP contribution < -0.4 is 15.8 Å². The van der Waals surface area contributed by atoms with Crippen LogP contribution in [0.15, 0.2) is 33.9 Å². The van der Waals surface area contributed by atoms with E-state index in [1.165, 1.54) is 24.2 Å². The van der Waals surface area contributed by atoms with Crippen LogP contribution in [-0.4, -0.2) is 34.8 Å². The van der Waals surface area contributed by atoms with Gasteiger partial charge in [0, 0.05) is 42.7 Å². The standard InChI is InChI=1S/C18H22N4O2S/c23-17-9-16(10-19-22(17)11-13-1-2-13)21-6-3-15(4-7-21)20-18(24)14-5-8-25-12-14/h5,8-10,12-13,15H,1-4,6-7,11H2,(H,20,24). The normalized spacial score (nSPS) is 18.3. The predicted octanol–water partition coefficient (Wildman–Crippen LogP) is 2.11. The number of hydrogen-bond acceptors (Lipinski definition) is 5. The highest BCUT2D eigenvalue weighted by molar-refractivity contribution is 7.08. The van der Waals surface area contributed by atoms with Crippen LogP contribution in [0.3, 0.4) is 0 Å². The molecule has 2 fully saturated rings. The molecule has 0 bridgehead atoms. The van der Waals surface area contributed by atoms with E-state index in [0.29, 0.717) is 5.92 Å². The Hall–Kier alpha value is -2.15. The molecule has 1 saturated heterocycles. The molecule has 7 heteroatoms. The van der Waals surface area contributed by atoms with Crippen molar-refractivity contribution in [2.45, 2.75) is 38.3 Å². The van der Waals surface area contributed by atoms with Gasteiger partial charge >= 0.3 is 0 Å². The van der Waals surface area contributed by atoms with Gasteiger partial charge in [-0.25, -0.2) is 4.68 Å². The number of nitrogens with one attached hydrogen (secondary N) is 1. The van der Waals surface area contributed by atoms with Crippen molar-refractivity contribution < 1.29 is 4.79 Å². The number of aromatic nitrogens is 2. The Bertz CT molecular complexity index is 790. The summed E-state index contributed by atoms with van der Waals surface area (Å²) in [4.78, 5) is 26.5. The fraction of sp³-hybridized carbons (Fsp3) is 0.500. The summed E-state index contributed by atoms with van der Waals surface area (Å²) in [5, 5.41) is 11.2. The minimum absolute atomic E-state index is 0.00374. The van der Waals surface area contributed by atoms with Gasteiger partial charge in [-0.3, -0.25) is 9.59 Å². The van der Waals surface area contributed by atoms with Gasteiger partial charge in [0.05, 0.1) is 11.9 Å². The largest absolute Gasteiger partial charge is 0.370 e. The van der Waals surface area contributed by atoms with Crippen molar-refractivity contribution in [2.75, 3.05) is 18.0 Å². The van der Waals surface area contributed by atoms with Crippen LogP contribution in [0.25, 0.3) is 0 Å². The van der Waals surface area contributed by atoms with Crippen molar-refractivity contribution in [1.82, 2.24) is 15.1 Å². The molecule has 1 saturated carbocycles. The van der Waals surface area contributed by atoms with E-state index >= 15 is 0 Å². The summed E-state index contributed by atoms with van der Waals surface area (Å²) in [6.07, 6.45) is 5.97. The van der Waals surface area contributed by atoms with Gasteiger partial charge in [0.15, 0.2) is 0 Å². The Morgan fingerprint density at radius 1 is 1.28 bits per heavy atom. The summed E-state index contributed by atoms with van der Waals surface area (Å²) in [6, 6.07) is 3.73. The zero-order valence-electron chi connectivity index (χ0n) is 14.1. The van der Waals surface area contributed by atoms with Crippen molar-refractivity contribution in [1.29, 1.82) is 0 Å². The van der Waals surface area contributed by atoms with Crippen molar-refractivity contribution in [2.24, 2.45) is 5.92 Å². The third-order valence-corrected chi connectivity index (χ3v) is 5.65. The Labute approximate surface area is 150 Å². The predicted molar refractivity (Wildman–Crippen MR) is 98.2 cm³/mol. The highest BCUT2D eigenvalue weighted by Crippen LogP contribution is 2.29. The van der Waals surface area contributed by atoms with E-state index in [-0.39, 0.29) is 17.5 Å². The molecule has 1 aliphatic heterocycles. The fourth-order valence-electron chi connectivity index (χ4n) is 3.22. The van der Waals surface area contributed by atoms with E-state index in [0.717, 1.165) is 43.7 Å². The van der Waals surface area contributed by atoms with E-state index in [9.17, 15) is 9.59 Å². The van der Waals surface area contributed by atoms with E-state index in [1.54, 1.807) is 16.9 Å². The molecule has 2 aliphatic rings. The van der Waals surface area contributed by atoms with Gasteiger partial charge in [-0.2, -0.15) is 16.4 Å². The number of nitrogens with zero attached hydrogens (tertiary/aromatic N) is 3. The number of thiophene rings is 1. The van der Waals surface area contributed by atoms with Crippen LogP contribution in [0, 0.1) is 5.92 Å². The van der Waals surface area contributed by atoms with Crippen LogP contribution in [0.1, 0.15) is 36.0 Å². The third kappa shape index (κ3) is 3.92. The fourth-order valence-corrected chi connectivity index (χ4v) is 3.86. The van der Waals surface area contributed by atoms with Gasteiger partial charge in [0.2, 0.25) is 0 Å². The molecule has 0 spiro atoms. The second kappa shape index (κ2) is 7.00. The van der Waals surface area contributed by atoms with Gasteiger partial charge in [-0.1, -0.05) is 0 Å². The number of anilines is 1. The van der Waals surface area contributed by atoms with E-state index < -0.39 is 0 Å². The number of amides is 1. The molecule has 2 aromatic heterocycles. The molecule has 1 N–H and O–H groups in total. The molecule has 0 atom stereocenters. The first-order valence-electron chi connectivity index (χ1n) is 8.84. The molecule has 0 radical (unpaired) electrons. The maximum absolute atomic E-state index is 12.2. The highest BCUT2D eigenvalue weighted by Gasteiger charge is 2.24. The summed E-state index contributed by atoms with van der Waals surface area (Å²) >= 11 is 1.53. The first kappa shape index (κ1) is 16.3. The smallest absolute Gasteiger partial charge is 0.268 e. The molecular weight excluding hydrogens is 336 g/mol. The highest BCUT2D eigenvalue weighted by atomic mass is 32.1. The van der Waals surface area contributed by atoms with Crippen LogP contribution >= 0.6 is 11.3 Å². The maximum atomic E-state index is 12.2. The molecule has 132 valence electrons. The average Bonchev–Trinajstić information content (AvgIpc) is 3.26. The minimum atomic E-state index is -0.0164. The summed E-state index contributed by atoms with van der Waals surface area (Å²) in [5.74, 6) is 0.641. The summed E-state index contributed by atoms with van der Waals surface area (Å²) in [6.45, 7) is 2.39. The maximum Gasteiger partial charge on any atom is 0.268 e. The Morgan fingerprint density at radius 3 is 2.72 bits per heavy atom.